The van der Waals surface area contributed by atoms with Crippen molar-refractivity contribution < 1.29 is 14.4 Å². The number of amides is 2. The first-order valence-corrected chi connectivity index (χ1v) is 9.76. The molecule has 0 saturated carbocycles. The number of carbonyl (C=O) groups is 3. The van der Waals surface area contributed by atoms with Crippen LogP contribution in [0.1, 0.15) is 18.4 Å². The number of rotatable bonds is 9. The predicted octanol–water partition coefficient (Wildman–Crippen LogP) is 2.21. The topological polar surface area (TPSA) is 114 Å². The van der Waals surface area contributed by atoms with Crippen LogP contribution in [-0.4, -0.2) is 35.2 Å². The third kappa shape index (κ3) is 5.71. The number of aromatic nitrogens is 1. The molecule has 0 aliphatic heterocycles. The van der Waals surface area contributed by atoms with E-state index in [0.29, 0.717) is 24.8 Å². The van der Waals surface area contributed by atoms with Crippen molar-refractivity contribution >= 4 is 34.7 Å². The molecule has 2 atom stereocenters. The van der Waals surface area contributed by atoms with Crippen molar-refractivity contribution in [1.29, 1.82) is 0 Å². The van der Waals surface area contributed by atoms with Gasteiger partial charge in [0.05, 0.1) is 23.4 Å². The number of nitrogens with one attached hydrogen (secondary N) is 2. The second-order valence-electron chi connectivity index (χ2n) is 7.00. The van der Waals surface area contributed by atoms with Gasteiger partial charge >= 0.3 is 0 Å². The summed E-state index contributed by atoms with van der Waals surface area (Å²) in [5.74, 6) is -0.901. The van der Waals surface area contributed by atoms with E-state index in [1.165, 1.54) is 0 Å². The quantitative estimate of drug-likeness (QED) is 0.473. The Morgan fingerprint density at radius 3 is 2.53 bits per heavy atom. The van der Waals surface area contributed by atoms with Crippen LogP contribution < -0.4 is 16.4 Å². The van der Waals surface area contributed by atoms with Gasteiger partial charge in [0.25, 0.3) is 0 Å². The van der Waals surface area contributed by atoms with Crippen LogP contribution in [0.5, 0.6) is 0 Å². The number of fused-ring (bicyclic) bond motifs is 1. The molecule has 7 nitrogen and oxygen atoms in total. The van der Waals surface area contributed by atoms with E-state index in [4.69, 9.17) is 5.73 Å². The molecule has 1 aromatic heterocycles. The van der Waals surface area contributed by atoms with Gasteiger partial charge in [-0.25, -0.2) is 0 Å². The van der Waals surface area contributed by atoms with Crippen LogP contribution in [0.3, 0.4) is 0 Å². The van der Waals surface area contributed by atoms with E-state index in [-0.39, 0.29) is 12.3 Å². The number of para-hydroxylation sites is 1. The third-order valence-corrected chi connectivity index (χ3v) is 4.74. The van der Waals surface area contributed by atoms with Crippen LogP contribution in [0, 0.1) is 0 Å². The largest absolute Gasteiger partial charge is 0.343 e. The average Bonchev–Trinajstić information content (AvgIpc) is 2.77. The maximum absolute atomic E-state index is 12.9. The molecular formula is C23H24N4O3. The maximum Gasteiger partial charge on any atom is 0.247 e. The summed E-state index contributed by atoms with van der Waals surface area (Å²) in [6, 6.07) is 17.3. The van der Waals surface area contributed by atoms with Gasteiger partial charge in [0, 0.05) is 11.8 Å². The van der Waals surface area contributed by atoms with Crippen molar-refractivity contribution in [3.63, 3.8) is 0 Å². The number of aldehydes is 1. The smallest absolute Gasteiger partial charge is 0.247 e. The second kappa shape index (κ2) is 10.3. The molecular weight excluding hydrogens is 380 g/mol. The molecule has 7 heteroatoms. The van der Waals surface area contributed by atoms with Crippen LogP contribution >= 0.6 is 0 Å². The highest BCUT2D eigenvalue weighted by Crippen LogP contribution is 2.17. The van der Waals surface area contributed by atoms with Gasteiger partial charge in [0.1, 0.15) is 12.3 Å². The monoisotopic (exact) mass is 404 g/mol. The fraction of sp³-hybridized carbons (Fsp3) is 0.217. The maximum atomic E-state index is 12.9. The normalized spacial score (nSPS) is 12.7. The lowest BCUT2D eigenvalue weighted by Crippen LogP contribution is -2.50. The summed E-state index contributed by atoms with van der Waals surface area (Å²) in [7, 11) is 0. The molecule has 0 bridgehead atoms. The van der Waals surface area contributed by atoms with Crippen LogP contribution in [0.2, 0.25) is 0 Å². The van der Waals surface area contributed by atoms with E-state index in [2.05, 4.69) is 15.6 Å². The summed E-state index contributed by atoms with van der Waals surface area (Å²) in [6.07, 6.45) is 3.04. The summed E-state index contributed by atoms with van der Waals surface area (Å²) in [5.41, 5.74) is 8.12. The Labute approximate surface area is 174 Å². The van der Waals surface area contributed by atoms with E-state index in [0.717, 1.165) is 16.5 Å². The minimum absolute atomic E-state index is 0.104. The highest BCUT2D eigenvalue weighted by atomic mass is 16.2. The lowest BCUT2D eigenvalue weighted by Gasteiger charge is -2.20. The SMILES string of the molecule is NC(CC=O)C(=O)NC(CCc1ccccc1)C(=O)Nc1cnc2ccccc2c1. The van der Waals surface area contributed by atoms with Gasteiger partial charge in [-0.15, -0.1) is 0 Å². The van der Waals surface area contributed by atoms with Crippen molar-refractivity contribution in [1.82, 2.24) is 10.3 Å². The minimum Gasteiger partial charge on any atom is -0.343 e. The number of aryl methyl sites for hydroxylation is 1. The zero-order valence-corrected chi connectivity index (χ0v) is 16.5. The molecule has 0 aliphatic carbocycles. The van der Waals surface area contributed by atoms with Gasteiger partial charge in [-0.1, -0.05) is 48.5 Å². The Morgan fingerprint density at radius 1 is 1.03 bits per heavy atom. The second-order valence-corrected chi connectivity index (χ2v) is 7.00. The molecule has 0 saturated heterocycles. The number of benzene rings is 2. The number of anilines is 1. The predicted molar refractivity (Wildman–Crippen MR) is 116 cm³/mol. The van der Waals surface area contributed by atoms with Crippen LogP contribution in [0.25, 0.3) is 10.9 Å². The number of pyridine rings is 1. The molecule has 2 amide bonds. The lowest BCUT2D eigenvalue weighted by atomic mass is 10.0. The highest BCUT2D eigenvalue weighted by molar-refractivity contribution is 5.99. The van der Waals surface area contributed by atoms with Gasteiger partial charge in [-0.2, -0.15) is 0 Å². The fourth-order valence-electron chi connectivity index (χ4n) is 3.08. The molecule has 3 rings (SSSR count). The van der Waals surface area contributed by atoms with Crippen molar-refractivity contribution in [2.75, 3.05) is 5.32 Å². The van der Waals surface area contributed by atoms with Gasteiger partial charge in [-0.05, 0) is 30.5 Å². The van der Waals surface area contributed by atoms with Gasteiger partial charge in [-0.3, -0.25) is 14.6 Å². The molecule has 2 aromatic carbocycles. The number of hydrogen-bond acceptors (Lipinski definition) is 5. The third-order valence-electron chi connectivity index (χ3n) is 4.74. The van der Waals surface area contributed by atoms with E-state index < -0.39 is 18.0 Å². The summed E-state index contributed by atoms with van der Waals surface area (Å²) >= 11 is 0. The van der Waals surface area contributed by atoms with Crippen LogP contribution in [0.15, 0.2) is 66.9 Å². The molecule has 154 valence electrons. The average molecular weight is 404 g/mol. The Kier molecular flexibility index (Phi) is 7.24. The molecule has 1 heterocycles. The molecule has 0 aliphatic rings. The van der Waals surface area contributed by atoms with Crippen molar-refractivity contribution in [3.8, 4) is 0 Å². The Morgan fingerprint density at radius 2 is 1.77 bits per heavy atom. The zero-order chi connectivity index (χ0) is 21.3. The van der Waals surface area contributed by atoms with Crippen molar-refractivity contribution in [2.24, 2.45) is 5.73 Å². The molecule has 0 spiro atoms. The van der Waals surface area contributed by atoms with Gasteiger partial charge in [0.15, 0.2) is 0 Å². The van der Waals surface area contributed by atoms with Crippen LogP contribution in [0.4, 0.5) is 5.69 Å². The first-order valence-electron chi connectivity index (χ1n) is 9.76. The summed E-state index contributed by atoms with van der Waals surface area (Å²) < 4.78 is 0. The Balaban J connectivity index is 1.73. The molecule has 0 radical (unpaired) electrons. The highest BCUT2D eigenvalue weighted by Gasteiger charge is 2.24. The zero-order valence-electron chi connectivity index (χ0n) is 16.5. The van der Waals surface area contributed by atoms with Crippen molar-refractivity contribution in [3.05, 3.63) is 72.4 Å². The molecule has 30 heavy (non-hydrogen) atoms. The molecule has 2 unspecified atom stereocenters. The van der Waals surface area contributed by atoms with Crippen LogP contribution in [-0.2, 0) is 20.8 Å². The number of nitrogens with zero attached hydrogens (tertiary/aromatic N) is 1. The summed E-state index contributed by atoms with van der Waals surface area (Å²) in [5, 5.41) is 6.39. The molecule has 4 N–H and O–H groups in total. The summed E-state index contributed by atoms with van der Waals surface area (Å²) in [4.78, 5) is 40.2. The fourth-order valence-corrected chi connectivity index (χ4v) is 3.08. The number of hydrogen-bond donors (Lipinski definition) is 3. The number of nitrogens with two attached hydrogens (primary N) is 1. The standard InChI is InChI=1S/C23H24N4O3/c24-19(12-13-28)22(29)27-21(11-10-16-6-2-1-3-7-16)23(30)26-18-14-17-8-4-5-9-20(17)25-15-18/h1-9,13-15,19,21H,10-12,24H2,(H,26,30)(H,27,29). The van der Waals surface area contributed by atoms with E-state index in [1.807, 2.05) is 60.7 Å². The Hall–Kier alpha value is -3.58. The minimum atomic E-state index is -0.989. The lowest BCUT2D eigenvalue weighted by molar-refractivity contribution is -0.128. The molecule has 0 fully saturated rings. The van der Waals surface area contributed by atoms with E-state index >= 15 is 0 Å². The van der Waals surface area contributed by atoms with E-state index in [9.17, 15) is 14.4 Å². The van der Waals surface area contributed by atoms with E-state index in [1.54, 1.807) is 6.20 Å². The molecule has 3 aromatic rings. The number of carbonyl (C=O) groups excluding carboxylic acids is 3. The van der Waals surface area contributed by atoms with Crippen molar-refractivity contribution in [2.45, 2.75) is 31.3 Å². The first-order chi connectivity index (χ1) is 14.6. The summed E-state index contributed by atoms with van der Waals surface area (Å²) in [6.45, 7) is 0. The first kappa shape index (κ1) is 21.1. The Bertz CT molecular complexity index is 1020. The van der Waals surface area contributed by atoms with Gasteiger partial charge < -0.3 is 21.2 Å². The van der Waals surface area contributed by atoms with Gasteiger partial charge in [0.2, 0.25) is 11.8 Å².